The average Bonchev–Trinajstić information content (AvgIpc) is 3.00. The van der Waals surface area contributed by atoms with Gasteiger partial charge in [-0.3, -0.25) is 4.79 Å². The molecule has 0 aliphatic heterocycles. The van der Waals surface area contributed by atoms with Crippen LogP contribution in [0, 0.1) is 46.3 Å². The topological polar surface area (TPSA) is 17.1 Å². The molecule has 4 aliphatic carbocycles. The maximum Gasteiger partial charge on any atom is 0.143 e. The zero-order valence-corrected chi connectivity index (χ0v) is 19.0. The van der Waals surface area contributed by atoms with Crippen molar-refractivity contribution in [3.8, 4) is 0 Å². The third-order valence-electron chi connectivity index (χ3n) is 9.69. The first-order valence-electron chi connectivity index (χ1n) is 12.2. The number of allylic oxidation sites excluding steroid dienone is 4. The second-order valence-corrected chi connectivity index (χ2v) is 11.5. The Labute approximate surface area is 173 Å². The third kappa shape index (κ3) is 3.07. The zero-order chi connectivity index (χ0) is 20.1. The van der Waals surface area contributed by atoms with Crippen LogP contribution in [0.3, 0.4) is 0 Å². The first-order chi connectivity index (χ1) is 13.3. The number of hydrogen-bond acceptors (Lipinski definition) is 1. The van der Waals surface area contributed by atoms with Crippen molar-refractivity contribution in [2.75, 3.05) is 0 Å². The van der Waals surface area contributed by atoms with Gasteiger partial charge in [0.1, 0.15) is 5.78 Å². The van der Waals surface area contributed by atoms with Gasteiger partial charge in [-0.05, 0) is 85.5 Å². The molecule has 2 saturated carbocycles. The SMILES string of the molecule is CC(C)CCC[C@@H](C)[C@H]1CC[C@H]2[C@@H]3C=CC4=CCCC(=O)[C@]4(C)[C@H]3CC[C@]12C. The maximum absolute atomic E-state index is 13.0. The Hall–Kier alpha value is -0.850. The fourth-order valence-electron chi connectivity index (χ4n) is 8.03. The summed E-state index contributed by atoms with van der Waals surface area (Å²) in [5.41, 5.74) is 1.63. The van der Waals surface area contributed by atoms with Crippen molar-refractivity contribution in [3.63, 3.8) is 0 Å². The lowest BCUT2D eigenvalue weighted by molar-refractivity contribution is -0.133. The summed E-state index contributed by atoms with van der Waals surface area (Å²) in [6, 6.07) is 0. The minimum absolute atomic E-state index is 0.194. The maximum atomic E-state index is 13.0. The van der Waals surface area contributed by atoms with Gasteiger partial charge in [-0.1, -0.05) is 65.2 Å². The summed E-state index contributed by atoms with van der Waals surface area (Å²) in [5, 5.41) is 0. The number of carbonyl (C=O) groups excluding carboxylic acids is 1. The Balaban J connectivity index is 1.54. The van der Waals surface area contributed by atoms with Gasteiger partial charge in [0, 0.05) is 6.42 Å². The van der Waals surface area contributed by atoms with E-state index in [2.05, 4.69) is 52.8 Å². The van der Waals surface area contributed by atoms with Gasteiger partial charge >= 0.3 is 0 Å². The highest BCUT2D eigenvalue weighted by molar-refractivity contribution is 5.90. The van der Waals surface area contributed by atoms with Gasteiger partial charge in [0.2, 0.25) is 0 Å². The highest BCUT2D eigenvalue weighted by atomic mass is 16.1. The lowest BCUT2D eigenvalue weighted by Crippen LogP contribution is -2.51. The van der Waals surface area contributed by atoms with Gasteiger partial charge in [-0.25, -0.2) is 0 Å². The van der Waals surface area contributed by atoms with E-state index in [0.29, 0.717) is 23.0 Å². The summed E-state index contributed by atoms with van der Waals surface area (Å²) in [5.74, 6) is 5.03. The molecule has 0 amide bonds. The molecule has 0 aromatic heterocycles. The fourth-order valence-corrected chi connectivity index (χ4v) is 8.03. The van der Waals surface area contributed by atoms with Crippen LogP contribution in [0.1, 0.15) is 92.4 Å². The highest BCUT2D eigenvalue weighted by Gasteiger charge is 2.59. The molecule has 0 bridgehead atoms. The van der Waals surface area contributed by atoms with Crippen LogP contribution in [0.2, 0.25) is 0 Å². The smallest absolute Gasteiger partial charge is 0.143 e. The highest BCUT2D eigenvalue weighted by Crippen LogP contribution is 2.66. The number of ketones is 1. The van der Waals surface area contributed by atoms with Crippen molar-refractivity contribution in [3.05, 3.63) is 23.8 Å². The predicted molar refractivity (Wildman–Crippen MR) is 118 cm³/mol. The van der Waals surface area contributed by atoms with E-state index in [1.807, 2.05) is 0 Å². The standard InChI is InChI=1S/C27H42O/c1-18(2)8-6-9-19(3)22-14-15-23-21-13-12-20-10-7-11-25(28)27(20,5)24(21)16-17-26(22,23)4/h10,12-13,18-19,21-24H,6-9,11,14-17H2,1-5H3/t19-,21+,22-,23+,24+,26-,27+/m1/s1. The molecule has 0 radical (unpaired) electrons. The lowest BCUT2D eigenvalue weighted by Gasteiger charge is -2.56. The van der Waals surface area contributed by atoms with E-state index in [1.165, 1.54) is 50.5 Å². The summed E-state index contributed by atoms with van der Waals surface area (Å²) < 4.78 is 0. The lowest BCUT2D eigenvalue weighted by atomic mass is 9.48. The van der Waals surface area contributed by atoms with Gasteiger partial charge in [-0.15, -0.1) is 0 Å². The van der Waals surface area contributed by atoms with Crippen LogP contribution in [0.5, 0.6) is 0 Å². The van der Waals surface area contributed by atoms with Gasteiger partial charge in [0.05, 0.1) is 5.41 Å². The van der Waals surface area contributed by atoms with Crippen LogP contribution in [0.4, 0.5) is 0 Å². The first kappa shape index (κ1) is 20.4. The van der Waals surface area contributed by atoms with E-state index < -0.39 is 0 Å². The van der Waals surface area contributed by atoms with Crippen LogP contribution in [0.15, 0.2) is 23.8 Å². The molecule has 0 heterocycles. The van der Waals surface area contributed by atoms with E-state index in [4.69, 9.17) is 0 Å². The molecule has 2 fully saturated rings. The minimum atomic E-state index is -0.194. The number of Topliss-reactive ketones (excluding diaryl/α,β-unsaturated/α-hetero) is 1. The first-order valence-corrected chi connectivity index (χ1v) is 12.2. The van der Waals surface area contributed by atoms with Crippen LogP contribution < -0.4 is 0 Å². The Morgan fingerprint density at radius 1 is 1.07 bits per heavy atom. The molecule has 28 heavy (non-hydrogen) atoms. The van der Waals surface area contributed by atoms with E-state index in [9.17, 15) is 4.79 Å². The number of rotatable bonds is 5. The van der Waals surface area contributed by atoms with Gasteiger partial charge < -0.3 is 0 Å². The summed E-state index contributed by atoms with van der Waals surface area (Å²) in [4.78, 5) is 13.0. The number of carbonyl (C=O) groups is 1. The largest absolute Gasteiger partial charge is 0.299 e. The minimum Gasteiger partial charge on any atom is -0.299 e. The van der Waals surface area contributed by atoms with E-state index >= 15 is 0 Å². The van der Waals surface area contributed by atoms with Crippen molar-refractivity contribution >= 4 is 5.78 Å². The number of fused-ring (bicyclic) bond motifs is 5. The summed E-state index contributed by atoms with van der Waals surface area (Å²) >= 11 is 0. The fraction of sp³-hybridized carbons (Fsp3) is 0.815. The van der Waals surface area contributed by atoms with Gasteiger partial charge in [0.15, 0.2) is 0 Å². The molecule has 0 aromatic carbocycles. The monoisotopic (exact) mass is 382 g/mol. The van der Waals surface area contributed by atoms with Gasteiger partial charge in [0.25, 0.3) is 0 Å². The Kier molecular flexibility index (Phi) is 5.43. The van der Waals surface area contributed by atoms with Gasteiger partial charge in [-0.2, -0.15) is 0 Å². The van der Waals surface area contributed by atoms with Crippen LogP contribution in [-0.4, -0.2) is 5.78 Å². The van der Waals surface area contributed by atoms with E-state index in [1.54, 1.807) is 0 Å². The molecule has 0 spiro atoms. The van der Waals surface area contributed by atoms with Crippen molar-refractivity contribution in [1.29, 1.82) is 0 Å². The molecule has 0 saturated heterocycles. The molecule has 0 N–H and O–H groups in total. The Morgan fingerprint density at radius 2 is 1.86 bits per heavy atom. The van der Waals surface area contributed by atoms with E-state index in [0.717, 1.165) is 36.5 Å². The molecule has 1 heteroatoms. The van der Waals surface area contributed by atoms with Crippen LogP contribution in [-0.2, 0) is 4.79 Å². The molecular weight excluding hydrogens is 340 g/mol. The normalized spacial score (nSPS) is 43.4. The average molecular weight is 383 g/mol. The quantitative estimate of drug-likeness (QED) is 0.485. The summed E-state index contributed by atoms with van der Waals surface area (Å²) in [6.07, 6.45) is 18.5. The molecule has 156 valence electrons. The molecule has 0 aromatic rings. The molecule has 0 unspecified atom stereocenters. The van der Waals surface area contributed by atoms with Crippen molar-refractivity contribution < 1.29 is 4.79 Å². The second-order valence-electron chi connectivity index (χ2n) is 11.5. The Bertz CT molecular complexity index is 670. The molecule has 7 atom stereocenters. The second kappa shape index (κ2) is 7.44. The molecule has 4 aliphatic rings. The van der Waals surface area contributed by atoms with Crippen LogP contribution >= 0.6 is 0 Å². The van der Waals surface area contributed by atoms with E-state index in [-0.39, 0.29) is 5.41 Å². The molecule has 4 rings (SSSR count). The van der Waals surface area contributed by atoms with Crippen molar-refractivity contribution in [2.24, 2.45) is 46.3 Å². The molecular formula is C27H42O. The van der Waals surface area contributed by atoms with Crippen molar-refractivity contribution in [2.45, 2.75) is 92.4 Å². The molecule has 1 nitrogen and oxygen atoms in total. The predicted octanol–water partition coefficient (Wildman–Crippen LogP) is 7.37. The van der Waals surface area contributed by atoms with Crippen LogP contribution in [0.25, 0.3) is 0 Å². The number of hydrogen-bond donors (Lipinski definition) is 0. The Morgan fingerprint density at radius 3 is 2.61 bits per heavy atom. The zero-order valence-electron chi connectivity index (χ0n) is 19.0. The third-order valence-corrected chi connectivity index (χ3v) is 9.69. The van der Waals surface area contributed by atoms with Crippen molar-refractivity contribution in [1.82, 2.24) is 0 Å². The summed E-state index contributed by atoms with van der Waals surface area (Å²) in [7, 11) is 0. The summed E-state index contributed by atoms with van der Waals surface area (Å²) in [6.45, 7) is 12.1.